The van der Waals surface area contributed by atoms with E-state index < -0.39 is 0 Å². The Balaban J connectivity index is 2.05. The van der Waals surface area contributed by atoms with Gasteiger partial charge in [-0.1, -0.05) is 108 Å². The summed E-state index contributed by atoms with van der Waals surface area (Å²) >= 11 is 0. The summed E-state index contributed by atoms with van der Waals surface area (Å²) in [6.45, 7) is 6.21. The van der Waals surface area contributed by atoms with E-state index in [1.54, 1.807) is 0 Å². The van der Waals surface area contributed by atoms with Gasteiger partial charge in [0, 0.05) is 0 Å². The second kappa shape index (κ2) is 13.6. The van der Waals surface area contributed by atoms with Gasteiger partial charge in [-0.3, -0.25) is 0 Å². The highest BCUT2D eigenvalue weighted by Gasteiger charge is 2.08. The van der Waals surface area contributed by atoms with E-state index in [1.807, 2.05) is 0 Å². The highest BCUT2D eigenvalue weighted by atomic mass is 14.1. The Labute approximate surface area is 139 Å². The first kappa shape index (κ1) is 19.0. The molecule has 1 aromatic rings. The molecule has 0 aromatic heterocycles. The quantitative estimate of drug-likeness (QED) is 0.244. The molecule has 0 saturated carbocycles. The van der Waals surface area contributed by atoms with Crippen LogP contribution in [0.3, 0.4) is 0 Å². The van der Waals surface area contributed by atoms with E-state index >= 15 is 0 Å². The van der Waals surface area contributed by atoms with Gasteiger partial charge in [0.25, 0.3) is 0 Å². The number of unbranched alkanes of at least 4 members (excludes halogenated alkanes) is 9. The maximum absolute atomic E-state index is 3.93. The van der Waals surface area contributed by atoms with Crippen LogP contribution in [0.15, 0.2) is 43.0 Å². The molecule has 1 unspecified atom stereocenters. The summed E-state index contributed by atoms with van der Waals surface area (Å²) in [5, 5.41) is 0. The van der Waals surface area contributed by atoms with E-state index in [4.69, 9.17) is 0 Å². The molecular formula is C22H36. The van der Waals surface area contributed by atoms with Crippen LogP contribution in [-0.4, -0.2) is 0 Å². The zero-order valence-electron chi connectivity index (χ0n) is 14.7. The molecule has 0 fully saturated rings. The number of benzene rings is 1. The van der Waals surface area contributed by atoms with Gasteiger partial charge in [0.15, 0.2) is 0 Å². The maximum Gasteiger partial charge on any atom is -0.0127 e. The summed E-state index contributed by atoms with van der Waals surface area (Å²) in [4.78, 5) is 0. The second-order valence-electron chi connectivity index (χ2n) is 6.60. The van der Waals surface area contributed by atoms with Crippen molar-refractivity contribution >= 4 is 0 Å². The predicted octanol–water partition coefficient (Wildman–Crippen LogP) is 7.66. The van der Waals surface area contributed by atoms with Crippen LogP contribution in [0.4, 0.5) is 0 Å². The van der Waals surface area contributed by atoms with Crippen LogP contribution in [0.2, 0.25) is 0 Å². The molecule has 0 spiro atoms. The lowest BCUT2D eigenvalue weighted by Gasteiger charge is -2.15. The van der Waals surface area contributed by atoms with Gasteiger partial charge in [-0.15, -0.1) is 6.58 Å². The lowest BCUT2D eigenvalue weighted by molar-refractivity contribution is 0.525. The Hall–Kier alpha value is -1.04. The number of hydrogen-bond donors (Lipinski definition) is 0. The molecule has 1 atom stereocenters. The molecule has 124 valence electrons. The maximum atomic E-state index is 3.93. The van der Waals surface area contributed by atoms with Gasteiger partial charge in [0.2, 0.25) is 0 Å². The van der Waals surface area contributed by atoms with Crippen molar-refractivity contribution in [2.75, 3.05) is 0 Å². The molecule has 0 heterocycles. The summed E-state index contributed by atoms with van der Waals surface area (Å²) in [7, 11) is 0. The number of allylic oxidation sites excluding steroid dienone is 1. The van der Waals surface area contributed by atoms with Crippen molar-refractivity contribution in [2.45, 2.75) is 89.9 Å². The molecule has 22 heavy (non-hydrogen) atoms. The lowest BCUT2D eigenvalue weighted by atomic mass is 9.90. The largest absolute Gasteiger partial charge is 0.103 e. The van der Waals surface area contributed by atoms with Gasteiger partial charge >= 0.3 is 0 Å². The molecular weight excluding hydrogens is 264 g/mol. The Morgan fingerprint density at radius 1 is 0.818 bits per heavy atom. The number of rotatable bonds is 14. The molecule has 0 nitrogen and oxygen atoms in total. The molecule has 1 aromatic carbocycles. The van der Waals surface area contributed by atoms with E-state index in [2.05, 4.69) is 49.9 Å². The van der Waals surface area contributed by atoms with Crippen molar-refractivity contribution < 1.29 is 0 Å². The Kier molecular flexibility index (Phi) is 11.8. The van der Waals surface area contributed by atoms with E-state index in [0.29, 0.717) is 5.92 Å². The van der Waals surface area contributed by atoms with Gasteiger partial charge in [0.05, 0.1) is 0 Å². The third kappa shape index (κ3) is 9.07. The number of hydrogen-bond acceptors (Lipinski definition) is 0. The smallest absolute Gasteiger partial charge is 0.0127 e. The van der Waals surface area contributed by atoms with Crippen molar-refractivity contribution in [3.8, 4) is 0 Å². The average Bonchev–Trinajstić information content (AvgIpc) is 2.56. The first-order valence-electron chi connectivity index (χ1n) is 9.54. The van der Waals surface area contributed by atoms with Crippen molar-refractivity contribution in [3.63, 3.8) is 0 Å². The summed E-state index contributed by atoms with van der Waals surface area (Å²) in [6, 6.07) is 11.0. The molecule has 0 aliphatic rings. The van der Waals surface area contributed by atoms with Crippen LogP contribution in [0.5, 0.6) is 0 Å². The molecule has 0 aliphatic carbocycles. The van der Waals surface area contributed by atoms with Crippen LogP contribution in [0, 0.1) is 0 Å². The second-order valence-corrected chi connectivity index (χ2v) is 6.60. The van der Waals surface area contributed by atoms with Gasteiger partial charge in [-0.05, 0) is 24.3 Å². The first-order chi connectivity index (χ1) is 10.9. The highest BCUT2D eigenvalue weighted by molar-refractivity contribution is 5.20. The van der Waals surface area contributed by atoms with Crippen molar-refractivity contribution in [1.82, 2.24) is 0 Å². The summed E-state index contributed by atoms with van der Waals surface area (Å²) in [6.07, 6.45) is 18.7. The zero-order valence-corrected chi connectivity index (χ0v) is 14.7. The molecule has 1 rings (SSSR count). The molecule has 0 saturated heterocycles. The third-order valence-corrected chi connectivity index (χ3v) is 4.63. The third-order valence-electron chi connectivity index (χ3n) is 4.63. The minimum absolute atomic E-state index is 0.674. The normalized spacial score (nSPS) is 12.2. The highest BCUT2D eigenvalue weighted by Crippen LogP contribution is 2.26. The van der Waals surface area contributed by atoms with Crippen molar-refractivity contribution in [2.24, 2.45) is 0 Å². The minimum Gasteiger partial charge on any atom is -0.103 e. The molecule has 0 N–H and O–H groups in total. The Bertz CT molecular complexity index is 352. The molecule has 0 amide bonds. The van der Waals surface area contributed by atoms with Crippen LogP contribution < -0.4 is 0 Å². The SMILES string of the molecule is C=CCC(CCCCCCCCCCCC)c1ccccc1. The zero-order chi connectivity index (χ0) is 15.9. The van der Waals surface area contributed by atoms with Crippen LogP contribution in [0.1, 0.15) is 95.5 Å². The fourth-order valence-electron chi connectivity index (χ4n) is 3.23. The van der Waals surface area contributed by atoms with Gasteiger partial charge < -0.3 is 0 Å². The van der Waals surface area contributed by atoms with E-state index in [1.165, 1.54) is 76.2 Å². The standard InChI is InChI=1S/C22H36/c1-3-5-6-7-8-9-10-11-12-14-18-21(17-4-2)22-19-15-13-16-20-22/h4,13,15-16,19-21H,2-3,5-12,14,17-18H2,1H3. The monoisotopic (exact) mass is 300 g/mol. The first-order valence-corrected chi connectivity index (χ1v) is 9.54. The summed E-state index contributed by atoms with van der Waals surface area (Å²) < 4.78 is 0. The van der Waals surface area contributed by atoms with Gasteiger partial charge in [-0.2, -0.15) is 0 Å². The Morgan fingerprint density at radius 3 is 1.91 bits per heavy atom. The minimum atomic E-state index is 0.674. The van der Waals surface area contributed by atoms with Crippen LogP contribution in [0.25, 0.3) is 0 Å². The molecule has 0 radical (unpaired) electrons. The molecule has 0 aliphatic heterocycles. The van der Waals surface area contributed by atoms with Crippen molar-refractivity contribution in [1.29, 1.82) is 0 Å². The molecule has 0 heteroatoms. The van der Waals surface area contributed by atoms with Gasteiger partial charge in [0.1, 0.15) is 0 Å². The topological polar surface area (TPSA) is 0 Å². The van der Waals surface area contributed by atoms with E-state index in [0.717, 1.165) is 6.42 Å². The van der Waals surface area contributed by atoms with E-state index in [9.17, 15) is 0 Å². The van der Waals surface area contributed by atoms with Crippen LogP contribution in [-0.2, 0) is 0 Å². The fraction of sp³-hybridized carbons (Fsp3) is 0.636. The molecule has 0 bridgehead atoms. The predicted molar refractivity (Wildman–Crippen MR) is 100 cm³/mol. The fourth-order valence-corrected chi connectivity index (χ4v) is 3.23. The summed E-state index contributed by atoms with van der Waals surface area (Å²) in [5.74, 6) is 0.674. The van der Waals surface area contributed by atoms with Crippen molar-refractivity contribution in [3.05, 3.63) is 48.6 Å². The summed E-state index contributed by atoms with van der Waals surface area (Å²) in [5.41, 5.74) is 1.48. The van der Waals surface area contributed by atoms with E-state index in [-0.39, 0.29) is 0 Å². The van der Waals surface area contributed by atoms with Gasteiger partial charge in [-0.25, -0.2) is 0 Å². The van der Waals surface area contributed by atoms with Crippen LogP contribution >= 0.6 is 0 Å². The lowest BCUT2D eigenvalue weighted by Crippen LogP contribution is -1.97. The average molecular weight is 301 g/mol. The Morgan fingerprint density at radius 2 is 1.36 bits per heavy atom.